The minimum atomic E-state index is 0.141. The van der Waals surface area contributed by atoms with E-state index in [1.165, 1.54) is 5.56 Å². The highest BCUT2D eigenvalue weighted by atomic mass is 16.5. The topological polar surface area (TPSA) is 29.5 Å². The molecule has 1 aliphatic rings. The Kier molecular flexibility index (Phi) is 4.76. The van der Waals surface area contributed by atoms with Gasteiger partial charge in [-0.05, 0) is 25.3 Å². The van der Waals surface area contributed by atoms with Crippen molar-refractivity contribution in [3.63, 3.8) is 0 Å². The van der Waals surface area contributed by atoms with E-state index in [-0.39, 0.29) is 12.0 Å². The van der Waals surface area contributed by atoms with Crippen molar-refractivity contribution in [3.05, 3.63) is 35.9 Å². The third-order valence-corrected chi connectivity index (χ3v) is 3.38. The number of carbonyl (C=O) groups is 1. The Bertz CT molecular complexity index is 371. The van der Waals surface area contributed by atoms with Crippen molar-refractivity contribution in [1.82, 2.24) is 4.90 Å². The summed E-state index contributed by atoms with van der Waals surface area (Å²) in [6, 6.07) is 10.1. The van der Waals surface area contributed by atoms with Crippen LogP contribution in [-0.2, 0) is 16.1 Å². The Labute approximate surface area is 109 Å². The monoisotopic (exact) mass is 247 g/mol. The van der Waals surface area contributed by atoms with E-state index in [1.807, 2.05) is 30.0 Å². The standard InChI is InChI=1S/C15H21NO2/c1-2-16(12-13-7-4-3-5-8-13)15(17)11-14-9-6-10-18-14/h3-5,7-8,14H,2,6,9-12H2,1H3. The maximum Gasteiger partial charge on any atom is 0.225 e. The van der Waals surface area contributed by atoms with Crippen molar-refractivity contribution in [1.29, 1.82) is 0 Å². The summed E-state index contributed by atoms with van der Waals surface area (Å²) >= 11 is 0. The summed E-state index contributed by atoms with van der Waals surface area (Å²) in [6.07, 6.45) is 2.78. The summed E-state index contributed by atoms with van der Waals surface area (Å²) in [5, 5.41) is 0. The Hall–Kier alpha value is -1.35. The van der Waals surface area contributed by atoms with E-state index in [0.29, 0.717) is 13.0 Å². The molecule has 1 aromatic rings. The van der Waals surface area contributed by atoms with E-state index < -0.39 is 0 Å². The molecule has 18 heavy (non-hydrogen) atoms. The molecular formula is C15H21NO2. The molecule has 0 aliphatic carbocycles. The van der Waals surface area contributed by atoms with Crippen LogP contribution in [0.2, 0.25) is 0 Å². The number of benzene rings is 1. The zero-order valence-electron chi connectivity index (χ0n) is 11.0. The van der Waals surface area contributed by atoms with Crippen molar-refractivity contribution in [2.45, 2.75) is 38.8 Å². The average molecular weight is 247 g/mol. The van der Waals surface area contributed by atoms with Gasteiger partial charge in [0.05, 0.1) is 12.5 Å². The number of rotatable bonds is 5. The second-order valence-electron chi connectivity index (χ2n) is 4.73. The zero-order chi connectivity index (χ0) is 12.8. The summed E-state index contributed by atoms with van der Waals surface area (Å²) in [7, 11) is 0. The van der Waals surface area contributed by atoms with Gasteiger partial charge in [0, 0.05) is 19.7 Å². The van der Waals surface area contributed by atoms with Gasteiger partial charge in [-0.3, -0.25) is 4.79 Å². The van der Waals surface area contributed by atoms with Gasteiger partial charge in [-0.1, -0.05) is 30.3 Å². The van der Waals surface area contributed by atoms with Gasteiger partial charge in [-0.25, -0.2) is 0 Å². The van der Waals surface area contributed by atoms with Crippen molar-refractivity contribution >= 4 is 5.91 Å². The predicted molar refractivity (Wildman–Crippen MR) is 71.1 cm³/mol. The van der Waals surface area contributed by atoms with Gasteiger partial charge >= 0.3 is 0 Å². The van der Waals surface area contributed by atoms with Crippen LogP contribution in [0, 0.1) is 0 Å². The first-order chi connectivity index (χ1) is 8.79. The molecule has 3 heteroatoms. The molecule has 1 atom stereocenters. The van der Waals surface area contributed by atoms with Crippen molar-refractivity contribution in [3.8, 4) is 0 Å². The predicted octanol–water partition coefficient (Wildman–Crippen LogP) is 2.60. The molecule has 1 saturated heterocycles. The quantitative estimate of drug-likeness (QED) is 0.800. The number of hydrogen-bond acceptors (Lipinski definition) is 2. The molecule has 0 spiro atoms. The first-order valence-electron chi connectivity index (χ1n) is 6.73. The van der Waals surface area contributed by atoms with E-state index >= 15 is 0 Å². The molecular weight excluding hydrogens is 226 g/mol. The Morgan fingerprint density at radius 2 is 2.17 bits per heavy atom. The van der Waals surface area contributed by atoms with E-state index in [0.717, 1.165) is 26.0 Å². The zero-order valence-corrected chi connectivity index (χ0v) is 11.0. The van der Waals surface area contributed by atoms with E-state index in [1.54, 1.807) is 0 Å². The van der Waals surface area contributed by atoms with Crippen LogP contribution >= 0.6 is 0 Å². The van der Waals surface area contributed by atoms with Crippen LogP contribution in [-0.4, -0.2) is 30.1 Å². The van der Waals surface area contributed by atoms with Crippen molar-refractivity contribution < 1.29 is 9.53 Å². The lowest BCUT2D eigenvalue weighted by Crippen LogP contribution is -2.32. The van der Waals surface area contributed by atoms with E-state index in [2.05, 4.69) is 12.1 Å². The van der Waals surface area contributed by atoms with Crippen molar-refractivity contribution in [2.75, 3.05) is 13.2 Å². The van der Waals surface area contributed by atoms with Crippen LogP contribution in [0.5, 0.6) is 0 Å². The lowest BCUT2D eigenvalue weighted by Gasteiger charge is -2.22. The number of carbonyl (C=O) groups excluding carboxylic acids is 1. The molecule has 98 valence electrons. The molecule has 0 N–H and O–H groups in total. The molecule has 1 fully saturated rings. The fourth-order valence-corrected chi connectivity index (χ4v) is 2.31. The summed E-state index contributed by atoms with van der Waals surface area (Å²) in [6.45, 7) is 4.28. The van der Waals surface area contributed by atoms with Crippen LogP contribution in [0.15, 0.2) is 30.3 Å². The highest BCUT2D eigenvalue weighted by Crippen LogP contribution is 2.17. The second kappa shape index (κ2) is 6.55. The molecule has 3 nitrogen and oxygen atoms in total. The highest BCUT2D eigenvalue weighted by molar-refractivity contribution is 5.76. The first kappa shape index (κ1) is 13.1. The Morgan fingerprint density at radius 3 is 2.78 bits per heavy atom. The van der Waals surface area contributed by atoms with Crippen LogP contribution in [0.25, 0.3) is 0 Å². The number of ether oxygens (including phenoxy) is 1. The first-order valence-corrected chi connectivity index (χ1v) is 6.73. The highest BCUT2D eigenvalue weighted by Gasteiger charge is 2.22. The lowest BCUT2D eigenvalue weighted by atomic mass is 10.1. The second-order valence-corrected chi connectivity index (χ2v) is 4.73. The van der Waals surface area contributed by atoms with Crippen LogP contribution in [0.3, 0.4) is 0 Å². The minimum Gasteiger partial charge on any atom is -0.378 e. The fraction of sp³-hybridized carbons (Fsp3) is 0.533. The molecule has 0 bridgehead atoms. The molecule has 1 aliphatic heterocycles. The van der Waals surface area contributed by atoms with Gasteiger partial charge in [0.15, 0.2) is 0 Å². The number of amides is 1. The van der Waals surface area contributed by atoms with E-state index in [9.17, 15) is 4.79 Å². The molecule has 0 saturated carbocycles. The number of nitrogens with zero attached hydrogens (tertiary/aromatic N) is 1. The molecule has 0 aromatic heterocycles. The van der Waals surface area contributed by atoms with Crippen molar-refractivity contribution in [2.24, 2.45) is 0 Å². The lowest BCUT2D eigenvalue weighted by molar-refractivity contribution is -0.133. The van der Waals surface area contributed by atoms with E-state index in [4.69, 9.17) is 4.74 Å². The summed E-state index contributed by atoms with van der Waals surface area (Å²) < 4.78 is 5.52. The largest absolute Gasteiger partial charge is 0.378 e. The Morgan fingerprint density at radius 1 is 1.39 bits per heavy atom. The Balaban J connectivity index is 1.89. The maximum absolute atomic E-state index is 12.2. The van der Waals surface area contributed by atoms with Gasteiger partial charge < -0.3 is 9.64 Å². The van der Waals surface area contributed by atoms with Crippen LogP contribution in [0.1, 0.15) is 31.7 Å². The molecule has 1 unspecified atom stereocenters. The average Bonchev–Trinajstić information content (AvgIpc) is 2.90. The van der Waals surface area contributed by atoms with Crippen LogP contribution < -0.4 is 0 Å². The smallest absolute Gasteiger partial charge is 0.225 e. The van der Waals surface area contributed by atoms with Gasteiger partial charge in [0.1, 0.15) is 0 Å². The molecule has 2 rings (SSSR count). The van der Waals surface area contributed by atoms with Gasteiger partial charge in [0.25, 0.3) is 0 Å². The third-order valence-electron chi connectivity index (χ3n) is 3.38. The minimum absolute atomic E-state index is 0.141. The molecule has 1 heterocycles. The fourth-order valence-electron chi connectivity index (χ4n) is 2.31. The summed E-state index contributed by atoms with van der Waals surface area (Å²) in [4.78, 5) is 14.1. The SMILES string of the molecule is CCN(Cc1ccccc1)C(=O)CC1CCCO1. The van der Waals surface area contributed by atoms with Gasteiger partial charge in [0.2, 0.25) is 5.91 Å². The third kappa shape index (κ3) is 3.57. The molecule has 0 radical (unpaired) electrons. The van der Waals surface area contributed by atoms with Crippen LogP contribution in [0.4, 0.5) is 0 Å². The number of hydrogen-bond donors (Lipinski definition) is 0. The van der Waals surface area contributed by atoms with Gasteiger partial charge in [-0.15, -0.1) is 0 Å². The van der Waals surface area contributed by atoms with Gasteiger partial charge in [-0.2, -0.15) is 0 Å². The maximum atomic E-state index is 12.2. The molecule has 1 aromatic carbocycles. The normalized spacial score (nSPS) is 18.8. The summed E-state index contributed by atoms with van der Waals surface area (Å²) in [5.41, 5.74) is 1.18. The summed E-state index contributed by atoms with van der Waals surface area (Å²) in [5.74, 6) is 0.202. The molecule has 1 amide bonds.